The van der Waals surface area contributed by atoms with Gasteiger partial charge in [0.2, 0.25) is 0 Å². The lowest BCUT2D eigenvalue weighted by molar-refractivity contribution is 0.428. The van der Waals surface area contributed by atoms with Gasteiger partial charge in [0, 0.05) is 18.2 Å². The van der Waals surface area contributed by atoms with Crippen molar-refractivity contribution in [1.82, 2.24) is 0 Å². The van der Waals surface area contributed by atoms with Gasteiger partial charge in [0.05, 0.1) is 0 Å². The van der Waals surface area contributed by atoms with E-state index in [0.29, 0.717) is 0 Å². The third-order valence-corrected chi connectivity index (χ3v) is 0.887. The predicted octanol–water partition coefficient (Wildman–Crippen LogP) is -0.846. The van der Waals surface area contributed by atoms with E-state index in [1.807, 2.05) is 0 Å². The van der Waals surface area contributed by atoms with Crippen molar-refractivity contribution in [3.05, 3.63) is 18.2 Å². The molecule has 0 fully saturated rings. The molecular formula is C6H10O5. The van der Waals surface area contributed by atoms with E-state index in [-0.39, 0.29) is 28.2 Å². The Balaban J connectivity index is 0. The van der Waals surface area contributed by atoms with Crippen molar-refractivity contribution in [3.8, 4) is 17.2 Å². The molecule has 0 heterocycles. The van der Waals surface area contributed by atoms with Crippen LogP contribution in [0.15, 0.2) is 18.2 Å². The molecule has 0 saturated carbocycles. The van der Waals surface area contributed by atoms with Crippen LogP contribution in [0.25, 0.3) is 0 Å². The van der Waals surface area contributed by atoms with E-state index in [2.05, 4.69) is 0 Å². The fourth-order valence-corrected chi connectivity index (χ4v) is 0.580. The molecule has 0 unspecified atom stereocenters. The summed E-state index contributed by atoms with van der Waals surface area (Å²) >= 11 is 0. The molecule has 1 aromatic rings. The molecule has 0 atom stereocenters. The molecule has 64 valence electrons. The number of aromatic hydroxyl groups is 3. The van der Waals surface area contributed by atoms with Crippen LogP contribution < -0.4 is 0 Å². The molecular weight excluding hydrogens is 152 g/mol. The van der Waals surface area contributed by atoms with E-state index in [0.717, 1.165) is 18.2 Å². The normalized spacial score (nSPS) is 7.64. The summed E-state index contributed by atoms with van der Waals surface area (Å²) in [6, 6.07) is 3.42. The second kappa shape index (κ2) is 4.37. The summed E-state index contributed by atoms with van der Waals surface area (Å²) in [7, 11) is 0. The highest BCUT2D eigenvalue weighted by molar-refractivity contribution is 5.39. The molecule has 0 amide bonds. The number of benzene rings is 1. The lowest BCUT2D eigenvalue weighted by atomic mass is 10.3. The van der Waals surface area contributed by atoms with Crippen LogP contribution in [0.4, 0.5) is 0 Å². The molecule has 1 rings (SSSR count). The van der Waals surface area contributed by atoms with Gasteiger partial charge in [0.1, 0.15) is 17.2 Å². The van der Waals surface area contributed by atoms with Crippen molar-refractivity contribution in [2.75, 3.05) is 0 Å². The van der Waals surface area contributed by atoms with E-state index in [1.165, 1.54) is 0 Å². The van der Waals surface area contributed by atoms with Crippen molar-refractivity contribution in [2.24, 2.45) is 0 Å². The molecule has 0 aliphatic carbocycles. The van der Waals surface area contributed by atoms with Gasteiger partial charge in [0.25, 0.3) is 0 Å². The summed E-state index contributed by atoms with van der Waals surface area (Å²) < 4.78 is 0. The average Bonchev–Trinajstić information content (AvgIpc) is 1.59. The first-order chi connectivity index (χ1) is 4.18. The highest BCUT2D eigenvalue weighted by atomic mass is 16.3. The topological polar surface area (TPSA) is 124 Å². The SMILES string of the molecule is O.O.Oc1cc(O)cc(O)c1. The molecule has 1 aromatic carbocycles. The van der Waals surface area contributed by atoms with Gasteiger partial charge in [0.15, 0.2) is 0 Å². The Kier molecular flexibility index (Phi) is 4.86. The zero-order chi connectivity index (χ0) is 6.85. The van der Waals surface area contributed by atoms with Gasteiger partial charge in [-0.2, -0.15) is 0 Å². The summed E-state index contributed by atoms with van der Waals surface area (Å²) in [5.41, 5.74) is 0. The number of hydrogen-bond donors (Lipinski definition) is 3. The molecule has 0 aliphatic heterocycles. The second-order valence-corrected chi connectivity index (χ2v) is 1.71. The van der Waals surface area contributed by atoms with Gasteiger partial charge in [-0.05, 0) is 0 Å². The molecule has 5 heteroatoms. The first kappa shape index (κ1) is 12.2. The van der Waals surface area contributed by atoms with Crippen molar-refractivity contribution in [2.45, 2.75) is 0 Å². The van der Waals surface area contributed by atoms with E-state index in [1.54, 1.807) is 0 Å². The van der Waals surface area contributed by atoms with Crippen LogP contribution >= 0.6 is 0 Å². The van der Waals surface area contributed by atoms with E-state index < -0.39 is 0 Å². The third-order valence-electron chi connectivity index (χ3n) is 0.887. The van der Waals surface area contributed by atoms with Crippen LogP contribution in [0.3, 0.4) is 0 Å². The highest BCUT2D eigenvalue weighted by Gasteiger charge is 1.94. The number of phenolic OH excluding ortho intramolecular Hbond substituents is 3. The van der Waals surface area contributed by atoms with E-state index >= 15 is 0 Å². The van der Waals surface area contributed by atoms with Crippen LogP contribution in [-0.2, 0) is 0 Å². The molecule has 0 aromatic heterocycles. The maximum absolute atomic E-state index is 8.67. The fourth-order valence-electron chi connectivity index (χ4n) is 0.580. The van der Waals surface area contributed by atoms with E-state index in [9.17, 15) is 0 Å². The van der Waals surface area contributed by atoms with Crippen molar-refractivity contribution >= 4 is 0 Å². The highest BCUT2D eigenvalue weighted by Crippen LogP contribution is 2.23. The zero-order valence-corrected chi connectivity index (χ0v) is 5.57. The molecule has 0 aliphatic rings. The van der Waals surface area contributed by atoms with Crippen LogP contribution in [0.2, 0.25) is 0 Å². The van der Waals surface area contributed by atoms with Gasteiger partial charge in [-0.15, -0.1) is 0 Å². The standard InChI is InChI=1S/C6H6O3.2H2O/c7-4-1-5(8)3-6(9)2-4;;/h1-3,7-9H;2*1H2. The smallest absolute Gasteiger partial charge is 0.122 e. The van der Waals surface area contributed by atoms with Crippen molar-refractivity contribution < 1.29 is 26.3 Å². The quantitative estimate of drug-likeness (QED) is 0.460. The third kappa shape index (κ3) is 3.29. The number of phenols is 3. The second-order valence-electron chi connectivity index (χ2n) is 1.71. The summed E-state index contributed by atoms with van der Waals surface area (Å²) in [5.74, 6) is -0.437. The van der Waals surface area contributed by atoms with Crippen LogP contribution in [0, 0.1) is 0 Å². The lowest BCUT2D eigenvalue weighted by Crippen LogP contribution is -1.66. The van der Waals surface area contributed by atoms with Gasteiger partial charge < -0.3 is 26.3 Å². The monoisotopic (exact) mass is 162 g/mol. The molecule has 0 radical (unpaired) electrons. The summed E-state index contributed by atoms with van der Waals surface area (Å²) in [4.78, 5) is 0. The minimum absolute atomic E-state index is 0. The van der Waals surface area contributed by atoms with Crippen molar-refractivity contribution in [1.29, 1.82) is 0 Å². The van der Waals surface area contributed by atoms with E-state index in [4.69, 9.17) is 15.3 Å². The summed E-state index contributed by atoms with van der Waals surface area (Å²) in [5, 5.41) is 26.0. The summed E-state index contributed by atoms with van der Waals surface area (Å²) in [6.45, 7) is 0. The first-order valence-corrected chi connectivity index (χ1v) is 2.40. The Morgan fingerprint density at radius 1 is 0.636 bits per heavy atom. The average molecular weight is 162 g/mol. The Hall–Kier alpha value is -1.46. The van der Waals surface area contributed by atoms with Crippen molar-refractivity contribution in [3.63, 3.8) is 0 Å². The van der Waals surface area contributed by atoms with Gasteiger partial charge in [-0.25, -0.2) is 0 Å². The largest absolute Gasteiger partial charge is 0.508 e. The number of rotatable bonds is 0. The molecule has 0 saturated heterocycles. The molecule has 0 spiro atoms. The summed E-state index contributed by atoms with van der Waals surface area (Å²) in [6.07, 6.45) is 0. The Morgan fingerprint density at radius 2 is 0.818 bits per heavy atom. The predicted molar refractivity (Wildman–Crippen MR) is 38.7 cm³/mol. The fraction of sp³-hybridized carbons (Fsp3) is 0. The maximum atomic E-state index is 8.67. The minimum atomic E-state index is -0.146. The Labute approximate surface area is 62.8 Å². The van der Waals surface area contributed by atoms with Crippen LogP contribution in [0.5, 0.6) is 17.2 Å². The van der Waals surface area contributed by atoms with Gasteiger partial charge >= 0.3 is 0 Å². The lowest BCUT2D eigenvalue weighted by Gasteiger charge is -1.94. The molecule has 7 N–H and O–H groups in total. The zero-order valence-electron chi connectivity index (χ0n) is 5.57. The number of hydrogen-bond acceptors (Lipinski definition) is 3. The Morgan fingerprint density at radius 3 is 1.00 bits per heavy atom. The maximum Gasteiger partial charge on any atom is 0.122 e. The molecule has 0 bridgehead atoms. The molecule has 5 nitrogen and oxygen atoms in total. The molecule has 11 heavy (non-hydrogen) atoms. The Bertz CT molecular complexity index is 172. The van der Waals surface area contributed by atoms with Crippen LogP contribution in [-0.4, -0.2) is 26.3 Å². The van der Waals surface area contributed by atoms with Gasteiger partial charge in [-0.1, -0.05) is 0 Å². The minimum Gasteiger partial charge on any atom is -0.508 e. The van der Waals surface area contributed by atoms with Gasteiger partial charge in [-0.3, -0.25) is 0 Å². The first-order valence-electron chi connectivity index (χ1n) is 2.40. The van der Waals surface area contributed by atoms with Crippen LogP contribution in [0.1, 0.15) is 0 Å².